The number of nitrogens with zero attached hydrogens (tertiary/aromatic N) is 1. The molecule has 0 aliphatic rings. The molecule has 3 unspecified atom stereocenters. The van der Waals surface area contributed by atoms with Crippen LogP contribution < -0.4 is 5.32 Å². The van der Waals surface area contributed by atoms with Crippen molar-refractivity contribution < 1.29 is 32.9 Å². The molecule has 0 aromatic heterocycles. The van der Waals surface area contributed by atoms with E-state index in [1.54, 1.807) is 0 Å². The van der Waals surface area contributed by atoms with E-state index in [0.29, 0.717) is 23.9 Å². The highest BCUT2D eigenvalue weighted by atomic mass is 31.2. The molecule has 0 bridgehead atoms. The minimum Gasteiger partial charge on any atom is -0.391 e. The number of unbranched alkanes of at least 4 members (excludes halogenated alkanes) is 27. The third-order valence-corrected chi connectivity index (χ3v) is 11.9. The van der Waals surface area contributed by atoms with Crippen molar-refractivity contribution in [3.05, 3.63) is 24.3 Å². The van der Waals surface area contributed by atoms with Crippen molar-refractivity contribution in [2.24, 2.45) is 0 Å². The highest BCUT2D eigenvalue weighted by molar-refractivity contribution is 7.47. The van der Waals surface area contributed by atoms with Gasteiger partial charge in [-0.3, -0.25) is 13.8 Å². The van der Waals surface area contributed by atoms with Gasteiger partial charge in [0.05, 0.1) is 39.9 Å². The number of amides is 1. The van der Waals surface area contributed by atoms with Crippen molar-refractivity contribution in [2.45, 2.75) is 238 Å². The Morgan fingerprint density at radius 1 is 0.596 bits per heavy atom. The summed E-state index contributed by atoms with van der Waals surface area (Å²) >= 11 is 0. The molecule has 3 atom stereocenters. The van der Waals surface area contributed by atoms with Crippen LogP contribution in [-0.2, 0) is 18.4 Å². The Labute approximate surface area is 354 Å². The lowest BCUT2D eigenvalue weighted by Gasteiger charge is -2.26. The summed E-state index contributed by atoms with van der Waals surface area (Å²) in [6.45, 7) is 4.85. The first kappa shape index (κ1) is 56.0. The van der Waals surface area contributed by atoms with E-state index in [2.05, 4.69) is 43.5 Å². The van der Waals surface area contributed by atoms with E-state index in [0.717, 1.165) is 64.2 Å². The van der Waals surface area contributed by atoms with Gasteiger partial charge in [0, 0.05) is 6.42 Å². The first-order valence-corrected chi connectivity index (χ1v) is 25.7. The Bertz CT molecular complexity index is 984. The summed E-state index contributed by atoms with van der Waals surface area (Å²) in [5.74, 6) is -0.157. The number of aliphatic hydroxyl groups excluding tert-OH is 1. The second-order valence-corrected chi connectivity index (χ2v) is 19.3. The average molecular weight is 828 g/mol. The maximum Gasteiger partial charge on any atom is 0.472 e. The molecule has 1 amide bonds. The molecular formula is C48H96N2O6P+. The Hall–Kier alpha value is -1.02. The summed E-state index contributed by atoms with van der Waals surface area (Å²) in [5, 5.41) is 14.0. The van der Waals surface area contributed by atoms with Gasteiger partial charge < -0.3 is 19.8 Å². The molecule has 0 aromatic carbocycles. The minimum atomic E-state index is -4.32. The van der Waals surface area contributed by atoms with Gasteiger partial charge in [-0.15, -0.1) is 0 Å². The number of phosphoric ester groups is 1. The number of likely N-dealkylation sites (N-methyl/N-ethyl adjacent to an activating group) is 1. The van der Waals surface area contributed by atoms with Crippen LogP contribution in [0, 0.1) is 0 Å². The van der Waals surface area contributed by atoms with Crippen LogP contribution >= 0.6 is 7.82 Å². The number of quaternary nitrogens is 1. The van der Waals surface area contributed by atoms with Gasteiger partial charge in [-0.25, -0.2) is 4.57 Å². The topological polar surface area (TPSA) is 105 Å². The molecule has 0 saturated heterocycles. The largest absolute Gasteiger partial charge is 0.472 e. The highest BCUT2D eigenvalue weighted by Crippen LogP contribution is 2.43. The van der Waals surface area contributed by atoms with Crippen LogP contribution in [0.3, 0.4) is 0 Å². The summed E-state index contributed by atoms with van der Waals surface area (Å²) in [6.07, 6.45) is 47.8. The van der Waals surface area contributed by atoms with Crippen LogP contribution in [-0.4, -0.2) is 73.4 Å². The van der Waals surface area contributed by atoms with Crippen LogP contribution in [0.5, 0.6) is 0 Å². The van der Waals surface area contributed by atoms with Crippen LogP contribution in [0.2, 0.25) is 0 Å². The molecule has 0 aromatic rings. The molecule has 9 heteroatoms. The average Bonchev–Trinajstić information content (AvgIpc) is 3.16. The Kier molecular flexibility index (Phi) is 39.7. The molecule has 0 heterocycles. The zero-order valence-corrected chi connectivity index (χ0v) is 39.2. The molecule has 3 N–H and O–H groups in total. The number of nitrogens with one attached hydrogen (secondary N) is 1. The minimum absolute atomic E-state index is 0.0725. The van der Waals surface area contributed by atoms with E-state index in [1.807, 2.05) is 21.1 Å². The molecule has 0 aliphatic heterocycles. The Morgan fingerprint density at radius 2 is 1.02 bits per heavy atom. The fourth-order valence-electron chi connectivity index (χ4n) is 7.06. The lowest BCUT2D eigenvalue weighted by atomic mass is 10.0. The zero-order valence-electron chi connectivity index (χ0n) is 38.3. The quantitative estimate of drug-likeness (QED) is 0.0244. The van der Waals surface area contributed by atoms with Gasteiger partial charge in [0.25, 0.3) is 0 Å². The zero-order chi connectivity index (χ0) is 42.1. The van der Waals surface area contributed by atoms with Crippen LogP contribution in [0.1, 0.15) is 226 Å². The monoisotopic (exact) mass is 828 g/mol. The number of allylic oxidation sites excluding steroid dienone is 4. The second-order valence-electron chi connectivity index (χ2n) is 17.8. The lowest BCUT2D eigenvalue weighted by Crippen LogP contribution is -2.46. The first-order chi connectivity index (χ1) is 27.5. The summed E-state index contributed by atoms with van der Waals surface area (Å²) < 4.78 is 23.7. The van der Waals surface area contributed by atoms with E-state index >= 15 is 0 Å². The summed E-state index contributed by atoms with van der Waals surface area (Å²) in [7, 11) is 1.61. The standard InChI is InChI=1S/C48H95N2O6P/c1-6-8-10-12-14-16-18-20-22-23-24-25-26-27-28-29-31-33-35-37-39-41-47(51)46(45-56-57(53,54)55-44-43-50(3,4)5)49-48(52)42-40-38-36-34-32-30-21-19-17-15-13-11-9-7-2/h13,15,19,21,46-47,51H,6-12,14,16-18,20,22-45H2,1-5H3,(H-,49,52,53,54)/p+1/b15-13-,21-19-. The number of aliphatic hydroxyl groups is 1. The van der Waals surface area contributed by atoms with Crippen molar-refractivity contribution in [3.8, 4) is 0 Å². The van der Waals surface area contributed by atoms with Gasteiger partial charge in [-0.05, 0) is 38.5 Å². The van der Waals surface area contributed by atoms with Gasteiger partial charge >= 0.3 is 7.82 Å². The fourth-order valence-corrected chi connectivity index (χ4v) is 7.80. The maximum atomic E-state index is 12.9. The van der Waals surface area contributed by atoms with Gasteiger partial charge in [-0.2, -0.15) is 0 Å². The third-order valence-electron chi connectivity index (χ3n) is 11.0. The molecule has 0 rings (SSSR count). The fraction of sp³-hybridized carbons (Fsp3) is 0.896. The van der Waals surface area contributed by atoms with Crippen molar-refractivity contribution in [2.75, 3.05) is 40.9 Å². The van der Waals surface area contributed by atoms with E-state index in [4.69, 9.17) is 9.05 Å². The van der Waals surface area contributed by atoms with Crippen molar-refractivity contribution >= 4 is 13.7 Å². The third kappa shape index (κ3) is 42.9. The van der Waals surface area contributed by atoms with E-state index in [-0.39, 0.29) is 19.1 Å². The van der Waals surface area contributed by atoms with Gasteiger partial charge in [0.15, 0.2) is 0 Å². The van der Waals surface area contributed by atoms with Crippen LogP contribution in [0.15, 0.2) is 24.3 Å². The molecule has 8 nitrogen and oxygen atoms in total. The molecule has 0 radical (unpaired) electrons. The molecule has 0 spiro atoms. The van der Waals surface area contributed by atoms with Gasteiger partial charge in [-0.1, -0.05) is 205 Å². The summed E-state index contributed by atoms with van der Waals surface area (Å²) in [6, 6.07) is -0.765. The Balaban J connectivity index is 4.27. The van der Waals surface area contributed by atoms with Crippen molar-refractivity contribution in [1.82, 2.24) is 5.32 Å². The number of carbonyl (C=O) groups excluding carboxylic acids is 1. The number of carbonyl (C=O) groups is 1. The van der Waals surface area contributed by atoms with Gasteiger partial charge in [0.1, 0.15) is 13.2 Å². The van der Waals surface area contributed by atoms with Gasteiger partial charge in [0.2, 0.25) is 5.91 Å². The van der Waals surface area contributed by atoms with Crippen molar-refractivity contribution in [1.29, 1.82) is 0 Å². The number of hydrogen-bond acceptors (Lipinski definition) is 5. The normalized spacial score (nSPS) is 14.4. The predicted molar refractivity (Wildman–Crippen MR) is 245 cm³/mol. The Morgan fingerprint density at radius 3 is 1.49 bits per heavy atom. The first-order valence-electron chi connectivity index (χ1n) is 24.2. The van der Waals surface area contributed by atoms with E-state index < -0.39 is 20.0 Å². The number of hydrogen-bond donors (Lipinski definition) is 3. The number of phosphoric acid groups is 1. The lowest BCUT2D eigenvalue weighted by molar-refractivity contribution is -0.870. The molecular weight excluding hydrogens is 732 g/mol. The number of rotatable bonds is 44. The molecule has 0 saturated carbocycles. The highest BCUT2D eigenvalue weighted by Gasteiger charge is 2.28. The van der Waals surface area contributed by atoms with E-state index in [1.165, 1.54) is 135 Å². The molecule has 0 aliphatic carbocycles. The summed E-state index contributed by atoms with van der Waals surface area (Å²) in [5.41, 5.74) is 0. The van der Waals surface area contributed by atoms with Crippen LogP contribution in [0.4, 0.5) is 0 Å². The second kappa shape index (κ2) is 40.4. The molecule has 0 fully saturated rings. The maximum absolute atomic E-state index is 12.9. The molecule has 57 heavy (non-hydrogen) atoms. The van der Waals surface area contributed by atoms with Crippen molar-refractivity contribution in [3.63, 3.8) is 0 Å². The SMILES string of the molecule is CCCC/C=C\C/C=C\CCCCCCCC(=O)NC(COP(=O)(O)OCC[N+](C)(C)C)C(O)CCCCCCCCCCCCCCCCCCCCCCC. The predicted octanol–water partition coefficient (Wildman–Crippen LogP) is 13.7. The smallest absolute Gasteiger partial charge is 0.391 e. The summed E-state index contributed by atoms with van der Waals surface area (Å²) in [4.78, 5) is 23.2. The molecule has 338 valence electrons. The van der Waals surface area contributed by atoms with Crippen LogP contribution in [0.25, 0.3) is 0 Å². The van der Waals surface area contributed by atoms with E-state index in [9.17, 15) is 19.4 Å².